The smallest absolute Gasteiger partial charge is 0.173 e. The second kappa shape index (κ2) is 7.08. The topological polar surface area (TPSA) is 36.9 Å². The van der Waals surface area contributed by atoms with Crippen molar-refractivity contribution < 1.29 is 4.84 Å². The zero-order valence-corrected chi connectivity index (χ0v) is 15.8. The van der Waals surface area contributed by atoms with E-state index in [2.05, 4.69) is 46.6 Å². The SMILES string of the molecule is Cc1ccc(C2=NOC3(CCN(C(=S)Nc4ccccc4)CC3)C2)cc1. The molecule has 2 heterocycles. The molecule has 1 N–H and O–H groups in total. The van der Waals surface area contributed by atoms with Crippen molar-refractivity contribution in [3.63, 3.8) is 0 Å². The summed E-state index contributed by atoms with van der Waals surface area (Å²) < 4.78 is 0. The van der Waals surface area contributed by atoms with Crippen molar-refractivity contribution in [2.45, 2.75) is 31.8 Å². The molecule has 2 aromatic carbocycles. The van der Waals surface area contributed by atoms with Gasteiger partial charge in [0.05, 0.1) is 5.71 Å². The van der Waals surface area contributed by atoms with Crippen LogP contribution < -0.4 is 5.32 Å². The molecule has 1 spiro atoms. The van der Waals surface area contributed by atoms with Gasteiger partial charge in [0.25, 0.3) is 0 Å². The minimum absolute atomic E-state index is 0.168. The molecule has 26 heavy (non-hydrogen) atoms. The number of oxime groups is 1. The van der Waals surface area contributed by atoms with E-state index in [9.17, 15) is 0 Å². The van der Waals surface area contributed by atoms with Gasteiger partial charge in [0.1, 0.15) is 5.60 Å². The number of benzene rings is 2. The molecule has 1 saturated heterocycles. The normalized spacial score (nSPS) is 18.3. The summed E-state index contributed by atoms with van der Waals surface area (Å²) in [7, 11) is 0. The van der Waals surface area contributed by atoms with Gasteiger partial charge in [-0.05, 0) is 36.8 Å². The molecule has 0 amide bonds. The predicted octanol–water partition coefficient (Wildman–Crippen LogP) is 4.35. The highest BCUT2D eigenvalue weighted by molar-refractivity contribution is 7.80. The van der Waals surface area contributed by atoms with E-state index in [0.717, 1.165) is 54.4 Å². The molecule has 2 aromatic rings. The lowest BCUT2D eigenvalue weighted by atomic mass is 9.85. The third-order valence-corrected chi connectivity index (χ3v) is 5.57. The second-order valence-electron chi connectivity index (χ2n) is 7.14. The zero-order chi connectivity index (χ0) is 18.0. The van der Waals surface area contributed by atoms with Gasteiger partial charge in [0.2, 0.25) is 0 Å². The first-order valence-electron chi connectivity index (χ1n) is 9.07. The number of hydrogen-bond donors (Lipinski definition) is 1. The molecule has 0 unspecified atom stereocenters. The highest BCUT2D eigenvalue weighted by atomic mass is 32.1. The van der Waals surface area contributed by atoms with Gasteiger partial charge in [0, 0.05) is 38.0 Å². The molecule has 1 fully saturated rings. The van der Waals surface area contributed by atoms with E-state index >= 15 is 0 Å². The first-order valence-corrected chi connectivity index (χ1v) is 9.48. The standard InChI is InChI=1S/C21H23N3OS/c1-16-7-9-17(10-8-16)19-15-21(25-23-19)11-13-24(14-12-21)20(26)22-18-5-3-2-4-6-18/h2-10H,11-15H2,1H3,(H,22,26). The lowest BCUT2D eigenvalue weighted by Crippen LogP contribution is -2.48. The number of piperidine rings is 1. The Morgan fingerprint density at radius 1 is 1.08 bits per heavy atom. The zero-order valence-electron chi connectivity index (χ0n) is 14.9. The predicted molar refractivity (Wildman–Crippen MR) is 110 cm³/mol. The summed E-state index contributed by atoms with van der Waals surface area (Å²) in [6.07, 6.45) is 2.74. The maximum Gasteiger partial charge on any atom is 0.173 e. The molecule has 0 atom stereocenters. The third kappa shape index (κ3) is 3.58. The van der Waals surface area contributed by atoms with Crippen LogP contribution >= 0.6 is 12.2 Å². The number of para-hydroxylation sites is 1. The highest BCUT2D eigenvalue weighted by Crippen LogP contribution is 2.36. The van der Waals surface area contributed by atoms with Gasteiger partial charge in [-0.15, -0.1) is 0 Å². The summed E-state index contributed by atoms with van der Waals surface area (Å²) in [5, 5.41) is 8.50. The largest absolute Gasteiger partial charge is 0.388 e. The summed E-state index contributed by atoms with van der Waals surface area (Å²) in [6, 6.07) is 18.6. The Balaban J connectivity index is 1.34. The Morgan fingerprint density at radius 3 is 2.46 bits per heavy atom. The van der Waals surface area contributed by atoms with Gasteiger partial charge in [-0.25, -0.2) is 0 Å². The number of rotatable bonds is 2. The van der Waals surface area contributed by atoms with Crippen molar-refractivity contribution in [1.29, 1.82) is 0 Å². The summed E-state index contributed by atoms with van der Waals surface area (Å²) in [4.78, 5) is 8.15. The summed E-state index contributed by atoms with van der Waals surface area (Å²) >= 11 is 5.58. The van der Waals surface area contributed by atoms with Crippen molar-refractivity contribution in [2.24, 2.45) is 5.16 Å². The van der Waals surface area contributed by atoms with Crippen molar-refractivity contribution in [1.82, 2.24) is 4.90 Å². The quantitative estimate of drug-likeness (QED) is 0.803. The number of aryl methyl sites for hydroxylation is 1. The van der Waals surface area contributed by atoms with Crippen LogP contribution in [0.15, 0.2) is 59.8 Å². The lowest BCUT2D eigenvalue weighted by molar-refractivity contribution is -0.0521. The van der Waals surface area contributed by atoms with E-state index in [-0.39, 0.29) is 5.60 Å². The molecule has 4 nitrogen and oxygen atoms in total. The van der Waals surface area contributed by atoms with Crippen LogP contribution in [-0.2, 0) is 4.84 Å². The average molecular weight is 366 g/mol. The molecule has 0 saturated carbocycles. The Morgan fingerprint density at radius 2 is 1.77 bits per heavy atom. The summed E-state index contributed by atoms with van der Waals surface area (Å²) in [5.74, 6) is 0. The Labute approximate surface area is 159 Å². The maximum atomic E-state index is 5.92. The molecular weight excluding hydrogens is 342 g/mol. The molecule has 2 aliphatic rings. The molecule has 0 radical (unpaired) electrons. The number of nitrogens with one attached hydrogen (secondary N) is 1. The molecule has 0 bridgehead atoms. The number of anilines is 1. The Bertz CT molecular complexity index is 809. The third-order valence-electron chi connectivity index (χ3n) is 5.21. The Kier molecular flexibility index (Phi) is 4.64. The van der Waals surface area contributed by atoms with E-state index in [1.165, 1.54) is 5.56 Å². The van der Waals surface area contributed by atoms with E-state index in [4.69, 9.17) is 17.1 Å². The fourth-order valence-corrected chi connectivity index (χ4v) is 3.83. The molecule has 0 aromatic heterocycles. The van der Waals surface area contributed by atoms with Gasteiger partial charge >= 0.3 is 0 Å². The van der Waals surface area contributed by atoms with E-state index in [1.807, 2.05) is 30.3 Å². The second-order valence-corrected chi connectivity index (χ2v) is 7.53. The Hall–Kier alpha value is -2.40. The van der Waals surface area contributed by atoms with Gasteiger partial charge in [-0.1, -0.05) is 53.2 Å². The molecule has 4 rings (SSSR count). The van der Waals surface area contributed by atoms with Crippen LogP contribution in [0.5, 0.6) is 0 Å². The van der Waals surface area contributed by atoms with Crippen LogP contribution in [0.2, 0.25) is 0 Å². The first kappa shape index (κ1) is 17.0. The van der Waals surface area contributed by atoms with Gasteiger partial charge < -0.3 is 15.1 Å². The van der Waals surface area contributed by atoms with Crippen molar-refractivity contribution in [3.8, 4) is 0 Å². The van der Waals surface area contributed by atoms with Crippen LogP contribution in [0.1, 0.15) is 30.4 Å². The average Bonchev–Trinajstić information content (AvgIpc) is 3.07. The van der Waals surface area contributed by atoms with Crippen molar-refractivity contribution in [3.05, 3.63) is 65.7 Å². The molecule has 5 heteroatoms. The van der Waals surface area contributed by atoms with E-state index in [1.54, 1.807) is 0 Å². The van der Waals surface area contributed by atoms with Crippen LogP contribution in [0, 0.1) is 6.92 Å². The maximum absolute atomic E-state index is 5.92. The summed E-state index contributed by atoms with van der Waals surface area (Å²) in [5.41, 5.74) is 4.34. The van der Waals surface area contributed by atoms with Gasteiger partial charge in [0.15, 0.2) is 5.11 Å². The molecular formula is C21H23N3OS. The highest BCUT2D eigenvalue weighted by Gasteiger charge is 2.42. The van der Waals surface area contributed by atoms with Crippen LogP contribution in [-0.4, -0.2) is 34.4 Å². The van der Waals surface area contributed by atoms with Gasteiger partial charge in [-0.3, -0.25) is 0 Å². The van der Waals surface area contributed by atoms with E-state index < -0.39 is 0 Å². The minimum atomic E-state index is -0.168. The molecule has 134 valence electrons. The first-order chi connectivity index (χ1) is 12.6. The number of hydrogen-bond acceptors (Lipinski definition) is 3. The number of likely N-dealkylation sites (tertiary alicyclic amines) is 1. The number of thiocarbonyl (C=S) groups is 1. The fourth-order valence-electron chi connectivity index (χ4n) is 3.53. The van der Waals surface area contributed by atoms with E-state index in [0.29, 0.717) is 0 Å². The molecule has 0 aliphatic carbocycles. The van der Waals surface area contributed by atoms with Crippen LogP contribution in [0.25, 0.3) is 0 Å². The van der Waals surface area contributed by atoms with Crippen molar-refractivity contribution in [2.75, 3.05) is 18.4 Å². The molecule has 2 aliphatic heterocycles. The minimum Gasteiger partial charge on any atom is -0.388 e. The van der Waals surface area contributed by atoms with Crippen LogP contribution in [0.4, 0.5) is 5.69 Å². The van der Waals surface area contributed by atoms with Crippen LogP contribution in [0.3, 0.4) is 0 Å². The summed E-state index contributed by atoms with van der Waals surface area (Å²) in [6.45, 7) is 3.87. The monoisotopic (exact) mass is 365 g/mol. The fraction of sp³-hybridized carbons (Fsp3) is 0.333. The number of nitrogens with zero attached hydrogens (tertiary/aromatic N) is 2. The van der Waals surface area contributed by atoms with Crippen molar-refractivity contribution >= 4 is 28.7 Å². The lowest BCUT2D eigenvalue weighted by Gasteiger charge is -2.38. The van der Waals surface area contributed by atoms with Gasteiger partial charge in [-0.2, -0.15) is 0 Å².